The SMILES string of the molecule is CNC(=O)c1c(-c2ccc(Nc3ccccc3F)cc2)oc2cc(N(CCO)S(C)(=O)=O)c(OCCPI)cc12. The number of para-hydroxylation sites is 1. The Balaban J connectivity index is 1.84. The van der Waals surface area contributed by atoms with Gasteiger partial charge >= 0.3 is 0 Å². The number of hydrogen-bond donors (Lipinski definition) is 3. The summed E-state index contributed by atoms with van der Waals surface area (Å²) in [7, 11) is -2.27. The van der Waals surface area contributed by atoms with Gasteiger partial charge in [0, 0.05) is 35.9 Å². The summed E-state index contributed by atoms with van der Waals surface area (Å²) in [5.74, 6) is -0.257. The zero-order chi connectivity index (χ0) is 28.9. The molecule has 0 saturated carbocycles. The summed E-state index contributed by atoms with van der Waals surface area (Å²) in [5.41, 5.74) is 2.27. The largest absolute Gasteiger partial charge is 0.491 e. The van der Waals surface area contributed by atoms with Gasteiger partial charge < -0.3 is 24.9 Å². The number of nitrogens with zero attached hydrogens (tertiary/aromatic N) is 1. The summed E-state index contributed by atoms with van der Waals surface area (Å²) in [6.45, 7) is -0.242. The van der Waals surface area contributed by atoms with Gasteiger partial charge in [-0.15, -0.1) is 0 Å². The van der Waals surface area contributed by atoms with Gasteiger partial charge in [-0.1, -0.05) is 40.4 Å². The molecular formula is C27H28FIN3O6PS. The molecule has 1 unspecified atom stereocenters. The molecule has 9 nitrogen and oxygen atoms in total. The van der Waals surface area contributed by atoms with Crippen molar-refractivity contribution >= 4 is 72.2 Å². The third kappa shape index (κ3) is 6.68. The maximum atomic E-state index is 14.1. The van der Waals surface area contributed by atoms with Gasteiger partial charge in [-0.3, -0.25) is 9.10 Å². The van der Waals surface area contributed by atoms with Gasteiger partial charge in [0.05, 0.1) is 43.0 Å². The Hall–Kier alpha value is -2.93. The lowest BCUT2D eigenvalue weighted by Gasteiger charge is -2.24. The zero-order valence-corrected chi connectivity index (χ0v) is 25.7. The van der Waals surface area contributed by atoms with Crippen molar-refractivity contribution < 1.29 is 31.9 Å². The van der Waals surface area contributed by atoms with Crippen LogP contribution in [0, 0.1) is 5.82 Å². The predicted molar refractivity (Wildman–Crippen MR) is 167 cm³/mol. The third-order valence-corrected chi connectivity index (χ3v) is 9.14. The molecule has 0 aliphatic rings. The fraction of sp³-hybridized carbons (Fsp3) is 0.222. The molecule has 0 fully saturated rings. The molecule has 0 aliphatic heterocycles. The summed E-state index contributed by atoms with van der Waals surface area (Å²) in [6.07, 6.45) is 2.40. The summed E-state index contributed by atoms with van der Waals surface area (Å²) < 4.78 is 52.5. The molecule has 1 atom stereocenters. The van der Waals surface area contributed by atoms with Crippen LogP contribution in [-0.4, -0.2) is 58.7 Å². The number of amides is 1. The fourth-order valence-corrected chi connectivity index (χ4v) is 5.91. The number of rotatable bonds is 12. The van der Waals surface area contributed by atoms with Crippen LogP contribution in [-0.2, 0) is 10.0 Å². The summed E-state index contributed by atoms with van der Waals surface area (Å²) in [5, 5.41) is 15.7. The van der Waals surface area contributed by atoms with Gasteiger partial charge in [-0.25, -0.2) is 12.8 Å². The number of sulfonamides is 1. The Morgan fingerprint density at radius 3 is 2.52 bits per heavy atom. The highest BCUT2D eigenvalue weighted by Crippen LogP contribution is 2.41. The topological polar surface area (TPSA) is 121 Å². The highest BCUT2D eigenvalue weighted by atomic mass is 127. The average Bonchev–Trinajstić information content (AvgIpc) is 3.30. The summed E-state index contributed by atoms with van der Waals surface area (Å²) in [4.78, 5) is 13.1. The van der Waals surface area contributed by atoms with Crippen molar-refractivity contribution in [3.05, 3.63) is 72.0 Å². The van der Waals surface area contributed by atoms with Crippen molar-refractivity contribution in [1.82, 2.24) is 5.32 Å². The van der Waals surface area contributed by atoms with E-state index in [0.29, 0.717) is 35.2 Å². The lowest BCUT2D eigenvalue weighted by atomic mass is 10.0. The van der Waals surface area contributed by atoms with E-state index in [0.717, 1.165) is 16.7 Å². The van der Waals surface area contributed by atoms with Crippen LogP contribution in [0.15, 0.2) is 65.1 Å². The monoisotopic (exact) mass is 699 g/mol. The molecule has 1 amide bonds. The fourth-order valence-electron chi connectivity index (χ4n) is 4.15. The lowest BCUT2D eigenvalue weighted by molar-refractivity contribution is 0.0964. The van der Waals surface area contributed by atoms with E-state index >= 15 is 0 Å². The maximum Gasteiger partial charge on any atom is 0.255 e. The molecule has 0 aliphatic carbocycles. The zero-order valence-electron chi connectivity index (χ0n) is 21.7. The smallest absolute Gasteiger partial charge is 0.255 e. The van der Waals surface area contributed by atoms with E-state index in [9.17, 15) is 22.7 Å². The van der Waals surface area contributed by atoms with Crippen LogP contribution in [0.2, 0.25) is 0 Å². The van der Waals surface area contributed by atoms with E-state index < -0.39 is 22.5 Å². The number of benzene rings is 3. The second-order valence-electron chi connectivity index (χ2n) is 8.67. The minimum Gasteiger partial charge on any atom is -0.491 e. The van der Waals surface area contributed by atoms with Gasteiger partial charge in [-0.2, -0.15) is 0 Å². The Kier molecular flexibility index (Phi) is 9.88. The number of carbonyl (C=O) groups excluding carboxylic acids is 1. The van der Waals surface area contributed by atoms with Crippen molar-refractivity contribution in [2.24, 2.45) is 0 Å². The third-order valence-electron chi connectivity index (χ3n) is 5.95. The van der Waals surface area contributed by atoms with Gasteiger partial charge in [0.15, 0.2) is 0 Å². The van der Waals surface area contributed by atoms with Crippen molar-refractivity contribution in [2.75, 3.05) is 48.8 Å². The van der Waals surface area contributed by atoms with Crippen LogP contribution >= 0.6 is 28.3 Å². The second-order valence-corrected chi connectivity index (χ2v) is 13.6. The second kappa shape index (κ2) is 13.2. The molecule has 0 radical (unpaired) electrons. The lowest BCUT2D eigenvalue weighted by Crippen LogP contribution is -2.33. The Morgan fingerprint density at radius 1 is 1.18 bits per heavy atom. The van der Waals surface area contributed by atoms with Crippen LogP contribution in [0.3, 0.4) is 0 Å². The number of fused-ring (bicyclic) bond motifs is 1. The Morgan fingerprint density at radius 2 is 1.90 bits per heavy atom. The van der Waals surface area contributed by atoms with Crippen molar-refractivity contribution in [1.29, 1.82) is 0 Å². The summed E-state index contributed by atoms with van der Waals surface area (Å²) in [6, 6.07) is 16.4. The van der Waals surface area contributed by atoms with Crippen LogP contribution in [0.1, 0.15) is 10.4 Å². The molecule has 4 rings (SSSR count). The first-order chi connectivity index (χ1) is 19.2. The quantitative estimate of drug-likeness (QED) is 0.101. The summed E-state index contributed by atoms with van der Waals surface area (Å²) >= 11 is 2.25. The molecule has 4 aromatic rings. The predicted octanol–water partition coefficient (Wildman–Crippen LogP) is 5.51. The first kappa shape index (κ1) is 30.0. The van der Waals surface area contributed by atoms with Gasteiger partial charge in [0.2, 0.25) is 10.0 Å². The number of ether oxygens (including phenoxy) is 1. The van der Waals surface area contributed by atoms with Crippen LogP contribution in [0.5, 0.6) is 5.75 Å². The van der Waals surface area contributed by atoms with Crippen molar-refractivity contribution in [3.63, 3.8) is 0 Å². The molecule has 13 heteroatoms. The Bertz CT molecular complexity index is 1610. The number of anilines is 3. The molecule has 212 valence electrons. The van der Waals surface area contributed by atoms with E-state index in [1.165, 1.54) is 19.2 Å². The van der Waals surface area contributed by atoms with Gasteiger partial charge in [-0.05, 0) is 42.5 Å². The van der Waals surface area contributed by atoms with Crippen LogP contribution in [0.25, 0.3) is 22.3 Å². The number of furan rings is 1. The van der Waals surface area contributed by atoms with Crippen molar-refractivity contribution in [3.8, 4) is 17.1 Å². The molecule has 0 saturated heterocycles. The normalized spacial score (nSPS) is 11.7. The van der Waals surface area contributed by atoms with Crippen molar-refractivity contribution in [2.45, 2.75) is 0 Å². The van der Waals surface area contributed by atoms with E-state index in [-0.39, 0.29) is 40.7 Å². The molecule has 3 aromatic carbocycles. The number of nitrogens with one attached hydrogen (secondary N) is 2. The molecule has 1 aromatic heterocycles. The highest BCUT2D eigenvalue weighted by Gasteiger charge is 2.27. The number of halogens is 2. The number of hydrogen-bond acceptors (Lipinski definition) is 7. The molecular weight excluding hydrogens is 671 g/mol. The first-order valence-electron chi connectivity index (χ1n) is 12.2. The maximum absolute atomic E-state index is 14.1. The van der Waals surface area contributed by atoms with E-state index in [1.807, 2.05) is 0 Å². The van der Waals surface area contributed by atoms with Crippen LogP contribution < -0.4 is 19.7 Å². The molecule has 40 heavy (non-hydrogen) atoms. The number of carbonyl (C=O) groups is 1. The first-order valence-corrected chi connectivity index (χ1v) is 18.3. The van der Waals surface area contributed by atoms with E-state index in [2.05, 4.69) is 32.7 Å². The Labute approximate surface area is 246 Å². The minimum atomic E-state index is -3.77. The standard InChI is InChI=1S/C27H28FIN3O6PS/c1-30-27(34)25-19-15-24(37-13-14-39-29)22(32(11-12-33)40(2,35)36)16-23(19)38-26(25)17-7-9-18(10-8-17)31-21-6-4-3-5-20(21)28/h3-10,15-16,31,33,39H,11-14H2,1-2H3,(H,30,34). The van der Waals surface area contributed by atoms with Crippen LogP contribution in [0.4, 0.5) is 21.5 Å². The van der Waals surface area contributed by atoms with E-state index in [1.54, 1.807) is 48.5 Å². The molecule has 0 bridgehead atoms. The minimum absolute atomic E-state index is 0.179. The van der Waals surface area contributed by atoms with E-state index in [4.69, 9.17) is 9.15 Å². The van der Waals surface area contributed by atoms with Gasteiger partial charge in [0.1, 0.15) is 22.9 Å². The van der Waals surface area contributed by atoms with Gasteiger partial charge in [0.25, 0.3) is 5.91 Å². The number of aliphatic hydroxyl groups is 1. The average molecular weight is 699 g/mol. The molecule has 0 spiro atoms. The highest BCUT2D eigenvalue weighted by molar-refractivity contribution is 14.2. The molecule has 1 heterocycles. The number of aliphatic hydroxyl groups excluding tert-OH is 1. The molecule has 3 N–H and O–H groups in total.